The van der Waals surface area contributed by atoms with E-state index in [1.807, 2.05) is 12.1 Å². The van der Waals surface area contributed by atoms with E-state index in [0.717, 1.165) is 24.9 Å². The van der Waals surface area contributed by atoms with Crippen LogP contribution >= 0.6 is 0 Å². The summed E-state index contributed by atoms with van der Waals surface area (Å²) in [5, 5.41) is 9.63. The molecule has 0 radical (unpaired) electrons. The predicted octanol–water partition coefficient (Wildman–Crippen LogP) is 2.72. The number of phenolic OH excluding ortho intramolecular Hbond substituents is 1. The number of nitrogens with zero attached hydrogens (tertiary/aromatic N) is 1. The van der Waals surface area contributed by atoms with E-state index in [1.165, 1.54) is 0 Å². The fraction of sp³-hybridized carbons (Fsp3) is 0.588. The lowest BCUT2D eigenvalue weighted by atomic mass is 9.71. The van der Waals surface area contributed by atoms with Crippen LogP contribution in [0.25, 0.3) is 0 Å². The molecule has 2 saturated heterocycles. The van der Waals surface area contributed by atoms with Crippen LogP contribution in [0.2, 0.25) is 0 Å². The van der Waals surface area contributed by atoms with Gasteiger partial charge >= 0.3 is 0 Å². The van der Waals surface area contributed by atoms with Gasteiger partial charge in [0.05, 0.1) is 5.69 Å². The molecular formula is C17H24N2O2. The number of benzene rings is 1. The maximum absolute atomic E-state index is 12.3. The molecule has 4 rings (SSSR count). The monoisotopic (exact) mass is 288 g/mol. The van der Waals surface area contributed by atoms with Gasteiger partial charge in [-0.25, -0.2) is 0 Å². The van der Waals surface area contributed by atoms with E-state index >= 15 is 0 Å². The van der Waals surface area contributed by atoms with Crippen LogP contribution < -0.4 is 5.73 Å². The summed E-state index contributed by atoms with van der Waals surface area (Å²) in [5.74, 6) is 1.15. The molecule has 0 spiro atoms. The quantitative estimate of drug-likeness (QED) is 0.663. The number of carbonyl (C=O) groups excluding carboxylic acids is 1. The number of nitrogen functional groups attached to an aromatic ring is 1. The van der Waals surface area contributed by atoms with Gasteiger partial charge in [-0.05, 0) is 36.5 Å². The average Bonchev–Trinajstić information content (AvgIpc) is 2.43. The molecule has 3 unspecified atom stereocenters. The molecule has 4 heteroatoms. The minimum Gasteiger partial charge on any atom is -0.506 e. The number of Topliss-reactive ketones (excluding diaryl/α,β-unsaturated/α-hetero) is 1. The molecule has 0 aromatic heterocycles. The summed E-state index contributed by atoms with van der Waals surface area (Å²) < 4.78 is 0. The van der Waals surface area contributed by atoms with Gasteiger partial charge in [0.25, 0.3) is 0 Å². The van der Waals surface area contributed by atoms with Gasteiger partial charge in [-0.2, -0.15) is 0 Å². The summed E-state index contributed by atoms with van der Waals surface area (Å²) in [6, 6.07) is 5.88. The van der Waals surface area contributed by atoms with E-state index in [9.17, 15) is 9.90 Å². The Morgan fingerprint density at radius 3 is 2.76 bits per heavy atom. The third kappa shape index (κ3) is 2.53. The lowest BCUT2D eigenvalue weighted by molar-refractivity contribution is -0.138. The number of ketones is 1. The van der Waals surface area contributed by atoms with Crippen molar-refractivity contribution in [3.8, 4) is 5.75 Å². The second kappa shape index (κ2) is 5.34. The second-order valence-corrected chi connectivity index (χ2v) is 6.86. The van der Waals surface area contributed by atoms with E-state index in [-0.39, 0.29) is 17.7 Å². The topological polar surface area (TPSA) is 66.6 Å². The van der Waals surface area contributed by atoms with Crippen LogP contribution in [-0.4, -0.2) is 28.4 Å². The van der Waals surface area contributed by atoms with Gasteiger partial charge in [0.1, 0.15) is 11.5 Å². The number of carbonyl (C=O) groups is 1. The van der Waals surface area contributed by atoms with Crippen molar-refractivity contribution in [1.29, 1.82) is 0 Å². The molecule has 3 fully saturated rings. The Kier molecular flexibility index (Phi) is 3.66. The van der Waals surface area contributed by atoms with E-state index in [4.69, 9.17) is 5.73 Å². The van der Waals surface area contributed by atoms with Crippen molar-refractivity contribution in [3.63, 3.8) is 0 Å². The molecule has 2 bridgehead atoms. The number of piperidine rings is 2. The molecule has 1 aliphatic carbocycles. The Balaban J connectivity index is 1.98. The van der Waals surface area contributed by atoms with E-state index in [2.05, 4.69) is 18.7 Å². The minimum atomic E-state index is 0.0812. The van der Waals surface area contributed by atoms with Gasteiger partial charge < -0.3 is 10.8 Å². The number of hydrogen-bond donors (Lipinski definition) is 2. The Labute approximate surface area is 125 Å². The Morgan fingerprint density at radius 2 is 2.14 bits per heavy atom. The van der Waals surface area contributed by atoms with Crippen LogP contribution in [0, 0.1) is 11.8 Å². The van der Waals surface area contributed by atoms with E-state index in [1.54, 1.807) is 6.07 Å². The molecule has 1 aromatic carbocycles. The number of hydrogen-bond acceptors (Lipinski definition) is 4. The predicted molar refractivity (Wildman–Crippen MR) is 82.9 cm³/mol. The highest BCUT2D eigenvalue weighted by molar-refractivity contribution is 5.84. The van der Waals surface area contributed by atoms with Crippen molar-refractivity contribution in [2.45, 2.75) is 45.2 Å². The summed E-state index contributed by atoms with van der Waals surface area (Å²) >= 11 is 0. The van der Waals surface area contributed by atoms with Gasteiger partial charge in [-0.3, -0.25) is 9.69 Å². The largest absolute Gasteiger partial charge is 0.506 e. The van der Waals surface area contributed by atoms with Gasteiger partial charge in [0, 0.05) is 31.0 Å². The fourth-order valence-electron chi connectivity index (χ4n) is 3.96. The lowest BCUT2D eigenvalue weighted by Crippen LogP contribution is -2.55. The van der Waals surface area contributed by atoms with Crippen LogP contribution in [-0.2, 0) is 4.79 Å². The first-order chi connectivity index (χ1) is 9.97. The smallest absolute Gasteiger partial charge is 0.139 e. The van der Waals surface area contributed by atoms with E-state index in [0.29, 0.717) is 29.9 Å². The fourth-order valence-corrected chi connectivity index (χ4v) is 3.96. The summed E-state index contributed by atoms with van der Waals surface area (Å²) in [4.78, 5) is 14.8. The molecule has 2 heterocycles. The normalized spacial score (nSPS) is 29.3. The minimum absolute atomic E-state index is 0.0812. The zero-order chi connectivity index (χ0) is 15.1. The number of aromatic hydroxyl groups is 1. The highest BCUT2D eigenvalue weighted by Gasteiger charge is 2.47. The molecule has 21 heavy (non-hydrogen) atoms. The summed E-state index contributed by atoms with van der Waals surface area (Å²) in [5.41, 5.74) is 7.31. The van der Waals surface area contributed by atoms with Gasteiger partial charge in [-0.1, -0.05) is 19.9 Å². The van der Waals surface area contributed by atoms with Crippen LogP contribution in [0.3, 0.4) is 0 Å². The first-order valence-electron chi connectivity index (χ1n) is 7.84. The van der Waals surface area contributed by atoms with Gasteiger partial charge in [0.15, 0.2) is 0 Å². The molecule has 114 valence electrons. The molecular weight excluding hydrogens is 264 g/mol. The zero-order valence-corrected chi connectivity index (χ0v) is 12.7. The van der Waals surface area contributed by atoms with Crippen LogP contribution in [0.5, 0.6) is 5.75 Å². The van der Waals surface area contributed by atoms with Crippen molar-refractivity contribution >= 4 is 11.5 Å². The summed E-state index contributed by atoms with van der Waals surface area (Å²) in [6.07, 6.45) is 2.79. The number of phenols is 1. The summed E-state index contributed by atoms with van der Waals surface area (Å²) in [7, 11) is 0. The number of rotatable bonds is 3. The second-order valence-electron chi connectivity index (χ2n) is 6.86. The lowest BCUT2D eigenvalue weighted by Gasteiger charge is -2.51. The molecule has 2 aliphatic heterocycles. The Morgan fingerprint density at radius 1 is 1.38 bits per heavy atom. The number of fused-ring (bicyclic) bond motifs is 3. The molecule has 3 N–H and O–H groups in total. The van der Waals surface area contributed by atoms with Gasteiger partial charge in [0.2, 0.25) is 0 Å². The first kappa shape index (κ1) is 14.4. The third-order valence-electron chi connectivity index (χ3n) is 4.84. The third-order valence-corrected chi connectivity index (χ3v) is 4.84. The molecule has 4 nitrogen and oxygen atoms in total. The molecule has 1 aromatic rings. The molecule has 0 amide bonds. The van der Waals surface area contributed by atoms with Crippen molar-refractivity contribution in [1.82, 2.24) is 4.90 Å². The van der Waals surface area contributed by atoms with Crippen LogP contribution in [0.4, 0.5) is 5.69 Å². The van der Waals surface area contributed by atoms with Crippen molar-refractivity contribution < 1.29 is 9.90 Å². The molecule has 3 aliphatic rings. The van der Waals surface area contributed by atoms with Gasteiger partial charge in [-0.15, -0.1) is 0 Å². The standard InChI is InChI=1S/C17H24N2O2/c1-10(2)9-19-12-4-5-13(16(21)8-12)17(19)11-3-6-15(20)14(18)7-11/h3,6-7,10,12-13,17,20H,4-5,8-9,18H2,1-2H3. The maximum atomic E-state index is 12.3. The number of anilines is 1. The van der Waals surface area contributed by atoms with E-state index < -0.39 is 0 Å². The Bertz CT molecular complexity index is 556. The van der Waals surface area contributed by atoms with Crippen LogP contribution in [0.15, 0.2) is 18.2 Å². The van der Waals surface area contributed by atoms with Crippen molar-refractivity contribution in [2.75, 3.05) is 12.3 Å². The summed E-state index contributed by atoms with van der Waals surface area (Å²) in [6.45, 7) is 5.43. The average molecular weight is 288 g/mol. The zero-order valence-electron chi connectivity index (χ0n) is 12.7. The number of nitrogens with two attached hydrogens (primary N) is 1. The first-order valence-corrected chi connectivity index (χ1v) is 7.84. The van der Waals surface area contributed by atoms with Crippen molar-refractivity contribution in [2.24, 2.45) is 11.8 Å². The molecule has 3 atom stereocenters. The van der Waals surface area contributed by atoms with Crippen LogP contribution in [0.1, 0.15) is 44.7 Å². The van der Waals surface area contributed by atoms with Crippen molar-refractivity contribution in [3.05, 3.63) is 23.8 Å². The SMILES string of the molecule is CC(C)CN1C2CCC(C(=O)C2)C1c1ccc(O)c(N)c1. The highest BCUT2D eigenvalue weighted by Crippen LogP contribution is 2.46. The highest BCUT2D eigenvalue weighted by atomic mass is 16.3. The Hall–Kier alpha value is -1.55. The maximum Gasteiger partial charge on any atom is 0.139 e. The molecule has 1 saturated carbocycles.